The number of hydrogen-bond donors (Lipinski definition) is 0. The van der Waals surface area contributed by atoms with Crippen molar-refractivity contribution >= 4 is 15.2 Å². The molecule has 0 saturated carbocycles. The number of benzene rings is 3. The van der Waals surface area contributed by atoms with Crippen LogP contribution in [0.3, 0.4) is 0 Å². The highest BCUT2D eigenvalue weighted by molar-refractivity contribution is 7.72. The quantitative estimate of drug-likeness (QED) is 0.299. The van der Waals surface area contributed by atoms with E-state index < -0.39 is 20.6 Å². The topological polar surface area (TPSA) is 71.1 Å². The average molecular weight is 474 g/mol. The standard InChI is InChI=1S/C24H28O6P2/c1-27-31(25,28-2)24(32(26,29-3)30-4)18-22-13-8-9-16-23(22)21-15-10-14-20(17-21)19-11-6-5-7-12-19/h5-17,24H,18H2,1-4H3. The van der Waals surface area contributed by atoms with Gasteiger partial charge in [-0.25, -0.2) is 0 Å². The summed E-state index contributed by atoms with van der Waals surface area (Å²) in [7, 11) is -2.52. The molecule has 32 heavy (non-hydrogen) atoms. The van der Waals surface area contributed by atoms with Crippen molar-refractivity contribution in [3.05, 3.63) is 84.4 Å². The van der Waals surface area contributed by atoms with Crippen LogP contribution < -0.4 is 0 Å². The van der Waals surface area contributed by atoms with Gasteiger partial charge in [-0.3, -0.25) is 9.13 Å². The maximum absolute atomic E-state index is 13.3. The molecule has 3 rings (SSSR count). The van der Waals surface area contributed by atoms with Crippen LogP contribution >= 0.6 is 15.2 Å². The summed E-state index contributed by atoms with van der Waals surface area (Å²) in [6.45, 7) is 0. The Bertz CT molecular complexity index is 1090. The molecule has 0 spiro atoms. The van der Waals surface area contributed by atoms with Gasteiger partial charge in [0.2, 0.25) is 0 Å². The van der Waals surface area contributed by atoms with Gasteiger partial charge < -0.3 is 18.1 Å². The van der Waals surface area contributed by atoms with Gasteiger partial charge in [-0.05, 0) is 40.3 Å². The predicted octanol–water partition coefficient (Wildman–Crippen LogP) is 6.86. The summed E-state index contributed by atoms with van der Waals surface area (Å²) >= 11 is 0. The Morgan fingerprint density at radius 3 is 1.72 bits per heavy atom. The van der Waals surface area contributed by atoms with Gasteiger partial charge in [0.05, 0.1) is 0 Å². The van der Waals surface area contributed by atoms with Crippen LogP contribution in [0.15, 0.2) is 78.9 Å². The molecule has 0 atom stereocenters. The molecule has 0 bridgehead atoms. The van der Waals surface area contributed by atoms with Crippen molar-refractivity contribution in [2.75, 3.05) is 28.4 Å². The first-order valence-electron chi connectivity index (χ1n) is 10.1. The van der Waals surface area contributed by atoms with Gasteiger partial charge in [0.15, 0.2) is 5.40 Å². The summed E-state index contributed by atoms with van der Waals surface area (Å²) in [6.07, 6.45) is 0.115. The summed E-state index contributed by atoms with van der Waals surface area (Å²) in [5.41, 5.74) is 4.92. The lowest BCUT2D eigenvalue weighted by Gasteiger charge is -2.29. The van der Waals surface area contributed by atoms with Gasteiger partial charge in [-0.2, -0.15) is 0 Å². The minimum atomic E-state index is -3.79. The van der Waals surface area contributed by atoms with E-state index in [1.807, 2.05) is 54.6 Å². The van der Waals surface area contributed by atoms with Gasteiger partial charge in [0, 0.05) is 28.4 Å². The largest absolute Gasteiger partial charge is 0.345 e. The number of hydrogen-bond acceptors (Lipinski definition) is 6. The molecule has 0 aliphatic heterocycles. The zero-order chi connectivity index (χ0) is 23.2. The Hall–Kier alpha value is -2.04. The molecular formula is C24H28O6P2. The minimum absolute atomic E-state index is 0.115. The summed E-state index contributed by atoms with van der Waals surface area (Å²) in [5.74, 6) is 0. The maximum Gasteiger partial charge on any atom is 0.345 e. The molecule has 0 saturated heterocycles. The van der Waals surface area contributed by atoms with Crippen molar-refractivity contribution in [2.24, 2.45) is 0 Å². The van der Waals surface area contributed by atoms with Crippen LogP contribution in [0, 0.1) is 0 Å². The lowest BCUT2D eigenvalue weighted by molar-refractivity contribution is 0.246. The fraction of sp³-hybridized carbons (Fsp3) is 0.250. The van der Waals surface area contributed by atoms with Crippen molar-refractivity contribution in [3.8, 4) is 22.3 Å². The van der Waals surface area contributed by atoms with Gasteiger partial charge in [0.25, 0.3) is 0 Å². The van der Waals surface area contributed by atoms with Crippen LogP contribution in [-0.4, -0.2) is 33.8 Å². The third-order valence-electron chi connectivity index (χ3n) is 5.45. The second-order valence-corrected chi connectivity index (χ2v) is 12.4. The number of rotatable bonds is 10. The molecule has 0 N–H and O–H groups in total. The smallest absolute Gasteiger partial charge is 0.311 e. The summed E-state index contributed by atoms with van der Waals surface area (Å²) < 4.78 is 47.4. The highest BCUT2D eigenvalue weighted by Crippen LogP contribution is 2.70. The van der Waals surface area contributed by atoms with E-state index in [0.717, 1.165) is 27.8 Å². The Morgan fingerprint density at radius 1 is 0.625 bits per heavy atom. The minimum Gasteiger partial charge on any atom is -0.311 e. The van der Waals surface area contributed by atoms with E-state index in [9.17, 15) is 9.13 Å². The van der Waals surface area contributed by atoms with E-state index in [0.29, 0.717) is 0 Å². The molecule has 0 aromatic heterocycles. The molecule has 0 heterocycles. The molecule has 0 aliphatic rings. The van der Waals surface area contributed by atoms with E-state index in [1.165, 1.54) is 28.4 Å². The molecule has 3 aromatic rings. The van der Waals surface area contributed by atoms with Crippen LogP contribution in [-0.2, 0) is 33.6 Å². The van der Waals surface area contributed by atoms with E-state index >= 15 is 0 Å². The summed E-state index contributed by atoms with van der Waals surface area (Å²) in [5, 5.41) is -1.13. The van der Waals surface area contributed by atoms with Crippen LogP contribution in [0.4, 0.5) is 0 Å². The van der Waals surface area contributed by atoms with E-state index in [1.54, 1.807) is 0 Å². The molecule has 6 nitrogen and oxygen atoms in total. The van der Waals surface area contributed by atoms with E-state index in [4.69, 9.17) is 18.1 Å². The fourth-order valence-electron chi connectivity index (χ4n) is 3.71. The fourth-order valence-corrected chi connectivity index (χ4v) is 8.34. The first kappa shape index (κ1) is 24.6. The summed E-state index contributed by atoms with van der Waals surface area (Å²) in [4.78, 5) is 0. The van der Waals surface area contributed by atoms with Gasteiger partial charge >= 0.3 is 15.2 Å². The Kier molecular flexibility index (Phi) is 8.24. The van der Waals surface area contributed by atoms with Gasteiger partial charge in [-0.1, -0.05) is 72.8 Å². The molecular weight excluding hydrogens is 446 g/mol. The van der Waals surface area contributed by atoms with Crippen LogP contribution in [0.1, 0.15) is 5.56 Å². The highest BCUT2D eigenvalue weighted by atomic mass is 31.2. The van der Waals surface area contributed by atoms with Gasteiger partial charge in [-0.15, -0.1) is 0 Å². The maximum atomic E-state index is 13.3. The SMILES string of the molecule is COP(=O)(OC)C(Cc1ccccc1-c1cccc(-c2ccccc2)c1)P(=O)(OC)OC. The van der Waals surface area contributed by atoms with Crippen molar-refractivity contribution in [1.29, 1.82) is 0 Å². The van der Waals surface area contributed by atoms with Crippen molar-refractivity contribution < 1.29 is 27.2 Å². The van der Waals surface area contributed by atoms with Crippen LogP contribution in [0.2, 0.25) is 0 Å². The van der Waals surface area contributed by atoms with Crippen molar-refractivity contribution in [2.45, 2.75) is 11.8 Å². The Labute approximate surface area is 189 Å². The normalized spacial score (nSPS) is 12.3. The second-order valence-electron chi connectivity index (χ2n) is 7.10. The molecule has 0 radical (unpaired) electrons. The van der Waals surface area contributed by atoms with Gasteiger partial charge in [0.1, 0.15) is 0 Å². The highest BCUT2D eigenvalue weighted by Gasteiger charge is 2.49. The summed E-state index contributed by atoms with van der Waals surface area (Å²) in [6, 6.07) is 26.0. The molecule has 170 valence electrons. The van der Waals surface area contributed by atoms with Crippen LogP contribution in [0.25, 0.3) is 22.3 Å². The first-order chi connectivity index (χ1) is 15.4. The molecule has 0 amide bonds. The second kappa shape index (κ2) is 10.7. The third-order valence-corrected chi connectivity index (χ3v) is 11.0. The van der Waals surface area contributed by atoms with Crippen molar-refractivity contribution in [1.82, 2.24) is 0 Å². The molecule has 0 unspecified atom stereocenters. The van der Waals surface area contributed by atoms with Crippen LogP contribution in [0.5, 0.6) is 0 Å². The third kappa shape index (κ3) is 5.13. The average Bonchev–Trinajstić information content (AvgIpc) is 2.87. The zero-order valence-corrected chi connectivity index (χ0v) is 20.4. The first-order valence-corrected chi connectivity index (χ1v) is 13.3. The predicted molar refractivity (Wildman–Crippen MR) is 128 cm³/mol. The Morgan fingerprint density at radius 2 is 1.12 bits per heavy atom. The Balaban J connectivity index is 2.08. The lowest BCUT2D eigenvalue weighted by atomic mass is 9.95. The zero-order valence-electron chi connectivity index (χ0n) is 18.6. The molecule has 0 aliphatic carbocycles. The lowest BCUT2D eigenvalue weighted by Crippen LogP contribution is -2.18. The van der Waals surface area contributed by atoms with E-state index in [2.05, 4.69) is 24.3 Å². The molecule has 8 heteroatoms. The van der Waals surface area contributed by atoms with E-state index in [-0.39, 0.29) is 6.42 Å². The monoisotopic (exact) mass is 474 g/mol. The molecule has 0 fully saturated rings. The molecule has 3 aromatic carbocycles. The van der Waals surface area contributed by atoms with Crippen molar-refractivity contribution in [3.63, 3.8) is 0 Å².